The van der Waals surface area contributed by atoms with Crippen molar-refractivity contribution in [1.29, 1.82) is 0 Å². The standard InChI is InChI=1S/C4H3BrOS/c5-7-3-1-2-4(7)6/h1-3H/p+1. The van der Waals surface area contributed by atoms with Gasteiger partial charge in [0.05, 0.1) is 8.90 Å². The van der Waals surface area contributed by atoms with Crippen molar-refractivity contribution < 1.29 is 5.11 Å². The number of aromatic hydroxyl groups is 1. The summed E-state index contributed by atoms with van der Waals surface area (Å²) in [4.78, 5) is 0. The molecule has 0 radical (unpaired) electrons. The van der Waals surface area contributed by atoms with Gasteiger partial charge in [-0.1, -0.05) is 0 Å². The zero-order valence-corrected chi connectivity index (χ0v) is 5.87. The smallest absolute Gasteiger partial charge is 0.338 e. The Labute approximate surface area is 51.8 Å². The fourth-order valence-electron chi connectivity index (χ4n) is 0.325. The summed E-state index contributed by atoms with van der Waals surface area (Å²) in [5.74, 6) is 0. The summed E-state index contributed by atoms with van der Waals surface area (Å²) < 4.78 is 0. The predicted octanol–water partition coefficient (Wildman–Crippen LogP) is 2.30. The highest BCUT2D eigenvalue weighted by molar-refractivity contribution is 9.34. The van der Waals surface area contributed by atoms with Crippen LogP contribution in [0, 0.1) is 0 Å². The van der Waals surface area contributed by atoms with Gasteiger partial charge in [0, 0.05) is 12.1 Å². The SMILES string of the molecule is Oc1ccc[s+]1Br. The van der Waals surface area contributed by atoms with Crippen LogP contribution in [0.5, 0.6) is 5.06 Å². The summed E-state index contributed by atoms with van der Waals surface area (Å²) in [6.45, 7) is 0. The monoisotopic (exact) mass is 179 g/mol. The molecule has 1 aromatic rings. The van der Waals surface area contributed by atoms with Crippen LogP contribution in [0.15, 0.2) is 17.5 Å². The zero-order valence-electron chi connectivity index (χ0n) is 3.47. The molecule has 0 amide bonds. The van der Waals surface area contributed by atoms with Crippen LogP contribution in [0.25, 0.3) is 0 Å². The van der Waals surface area contributed by atoms with Crippen molar-refractivity contribution in [3.8, 4) is 5.06 Å². The molecule has 0 aliphatic rings. The lowest BCUT2D eigenvalue weighted by molar-refractivity contribution is 0.491. The van der Waals surface area contributed by atoms with Crippen LogP contribution in [-0.4, -0.2) is 5.11 Å². The number of thiophene rings is 1. The Morgan fingerprint density at radius 3 is 2.57 bits per heavy atom. The van der Waals surface area contributed by atoms with Crippen LogP contribution in [0.4, 0.5) is 0 Å². The molecule has 0 fully saturated rings. The quantitative estimate of drug-likeness (QED) is 0.607. The van der Waals surface area contributed by atoms with Crippen molar-refractivity contribution >= 4 is 23.7 Å². The molecular formula is C4H4BrOS+. The molecule has 38 valence electrons. The van der Waals surface area contributed by atoms with Crippen molar-refractivity contribution in [3.05, 3.63) is 17.5 Å². The number of halogens is 1. The highest BCUT2D eigenvalue weighted by Crippen LogP contribution is 2.36. The van der Waals surface area contributed by atoms with E-state index >= 15 is 0 Å². The largest absolute Gasteiger partial charge is 0.468 e. The first-order valence-electron chi connectivity index (χ1n) is 1.77. The molecule has 1 unspecified atom stereocenters. The van der Waals surface area contributed by atoms with Gasteiger partial charge in [0.15, 0.2) is 5.38 Å². The highest BCUT2D eigenvalue weighted by atomic mass is 79.9. The van der Waals surface area contributed by atoms with Crippen LogP contribution < -0.4 is 0 Å². The Kier molecular flexibility index (Phi) is 1.35. The summed E-state index contributed by atoms with van der Waals surface area (Å²) in [7, 11) is -0.169. The van der Waals surface area contributed by atoms with Crippen molar-refractivity contribution in [3.63, 3.8) is 0 Å². The molecule has 0 spiro atoms. The number of hydrogen-bond acceptors (Lipinski definition) is 1. The maximum atomic E-state index is 8.76. The van der Waals surface area contributed by atoms with Gasteiger partial charge >= 0.3 is 5.06 Å². The Morgan fingerprint density at radius 1 is 1.71 bits per heavy atom. The Bertz CT molecular complexity index is 144. The van der Waals surface area contributed by atoms with E-state index in [1.807, 2.05) is 11.4 Å². The number of hydrogen-bond donors (Lipinski definition) is 1. The van der Waals surface area contributed by atoms with E-state index in [2.05, 4.69) is 14.8 Å². The van der Waals surface area contributed by atoms with Gasteiger partial charge in [0.1, 0.15) is 0 Å². The highest BCUT2D eigenvalue weighted by Gasteiger charge is 2.04. The minimum atomic E-state index is -0.169. The van der Waals surface area contributed by atoms with Gasteiger partial charge in [-0.3, -0.25) is 0 Å². The maximum Gasteiger partial charge on any atom is 0.338 e. The van der Waals surface area contributed by atoms with E-state index in [0.717, 1.165) is 0 Å². The van der Waals surface area contributed by atoms with E-state index in [9.17, 15) is 0 Å². The first kappa shape index (κ1) is 5.12. The molecule has 0 saturated carbocycles. The normalized spacial score (nSPS) is 11.9. The summed E-state index contributed by atoms with van der Waals surface area (Å²) in [5, 5.41) is 11.1. The Morgan fingerprint density at radius 2 is 2.43 bits per heavy atom. The second kappa shape index (κ2) is 1.84. The molecular weight excluding hydrogens is 176 g/mol. The second-order valence-corrected chi connectivity index (χ2v) is 4.47. The summed E-state index contributed by atoms with van der Waals surface area (Å²) in [6, 6.07) is 3.51. The fraction of sp³-hybridized carbons (Fsp3) is 0. The molecule has 0 bridgehead atoms. The van der Waals surface area contributed by atoms with Crippen LogP contribution in [0.2, 0.25) is 0 Å². The van der Waals surface area contributed by atoms with E-state index in [0.29, 0.717) is 5.06 Å². The van der Waals surface area contributed by atoms with E-state index in [1.165, 1.54) is 0 Å². The molecule has 0 aliphatic heterocycles. The maximum absolute atomic E-state index is 8.76. The fourth-order valence-corrected chi connectivity index (χ4v) is 1.59. The molecule has 3 heteroatoms. The third-order valence-electron chi connectivity index (χ3n) is 0.637. The van der Waals surface area contributed by atoms with Gasteiger partial charge in [-0.05, 0) is 0 Å². The van der Waals surface area contributed by atoms with Crippen LogP contribution in [0.1, 0.15) is 0 Å². The molecule has 1 aromatic heterocycles. The second-order valence-electron chi connectivity index (χ2n) is 1.12. The molecule has 0 saturated heterocycles. The van der Waals surface area contributed by atoms with Gasteiger partial charge in [-0.25, -0.2) is 0 Å². The lowest BCUT2D eigenvalue weighted by atomic mass is 10.7. The zero-order chi connectivity index (χ0) is 5.28. The van der Waals surface area contributed by atoms with Crippen molar-refractivity contribution in [2.45, 2.75) is 0 Å². The summed E-state index contributed by atoms with van der Waals surface area (Å²) in [6.07, 6.45) is 0. The molecule has 1 rings (SSSR count). The van der Waals surface area contributed by atoms with E-state index < -0.39 is 0 Å². The van der Waals surface area contributed by atoms with E-state index in [4.69, 9.17) is 5.11 Å². The van der Waals surface area contributed by atoms with Crippen LogP contribution in [0.3, 0.4) is 0 Å². The van der Waals surface area contributed by atoms with Crippen LogP contribution >= 0.6 is 23.7 Å². The molecule has 0 aliphatic carbocycles. The lowest BCUT2D eigenvalue weighted by Gasteiger charge is -1.66. The third-order valence-corrected chi connectivity index (χ3v) is 3.21. The van der Waals surface area contributed by atoms with Gasteiger partial charge in [0.2, 0.25) is 0 Å². The van der Waals surface area contributed by atoms with Crippen molar-refractivity contribution in [2.24, 2.45) is 0 Å². The average molecular weight is 180 g/mol. The van der Waals surface area contributed by atoms with Crippen molar-refractivity contribution in [2.75, 3.05) is 0 Å². The Balaban J connectivity index is 3.12. The molecule has 1 heterocycles. The first-order valence-corrected chi connectivity index (χ1v) is 4.90. The molecule has 1 nitrogen and oxygen atoms in total. The van der Waals surface area contributed by atoms with Gasteiger partial charge in [0.25, 0.3) is 14.8 Å². The minimum Gasteiger partial charge on any atom is -0.468 e. The van der Waals surface area contributed by atoms with Gasteiger partial charge in [-0.2, -0.15) is 0 Å². The van der Waals surface area contributed by atoms with Gasteiger partial charge in [-0.15, -0.1) is 0 Å². The average Bonchev–Trinajstić information content (AvgIpc) is 1.91. The summed E-state index contributed by atoms with van der Waals surface area (Å²) >= 11 is 3.23. The van der Waals surface area contributed by atoms with Crippen LogP contribution in [-0.2, 0) is 0 Å². The third kappa shape index (κ3) is 0.951. The minimum absolute atomic E-state index is 0.169. The van der Waals surface area contributed by atoms with Crippen molar-refractivity contribution in [1.82, 2.24) is 0 Å². The van der Waals surface area contributed by atoms with E-state index in [1.54, 1.807) is 6.07 Å². The molecule has 0 aromatic carbocycles. The Hall–Kier alpha value is -0.0200. The van der Waals surface area contributed by atoms with E-state index in [-0.39, 0.29) is 8.90 Å². The number of rotatable bonds is 0. The topological polar surface area (TPSA) is 20.2 Å². The van der Waals surface area contributed by atoms with Gasteiger partial charge < -0.3 is 5.11 Å². The first-order chi connectivity index (χ1) is 3.30. The molecule has 1 atom stereocenters. The molecule has 7 heavy (non-hydrogen) atoms. The lowest BCUT2D eigenvalue weighted by Crippen LogP contribution is -1.40. The summed E-state index contributed by atoms with van der Waals surface area (Å²) in [5.41, 5.74) is 0. The molecule has 1 N–H and O–H groups in total. The predicted molar refractivity (Wildman–Crippen MR) is 34.9 cm³/mol.